The van der Waals surface area contributed by atoms with Gasteiger partial charge in [-0.25, -0.2) is 13.2 Å². The fourth-order valence-corrected chi connectivity index (χ4v) is 3.92. The third-order valence-electron chi connectivity index (χ3n) is 5.24. The van der Waals surface area contributed by atoms with E-state index in [1.54, 1.807) is 12.1 Å². The van der Waals surface area contributed by atoms with Crippen LogP contribution in [0.5, 0.6) is 0 Å². The van der Waals surface area contributed by atoms with Gasteiger partial charge in [0.25, 0.3) is 0 Å². The zero-order valence-electron chi connectivity index (χ0n) is 15.3. The number of hydrogen-bond acceptors (Lipinski definition) is 2. The van der Waals surface area contributed by atoms with Gasteiger partial charge in [0.05, 0.1) is 11.2 Å². The third-order valence-corrected chi connectivity index (χ3v) is 5.24. The lowest BCUT2D eigenvalue weighted by molar-refractivity contribution is -0.128. The van der Waals surface area contributed by atoms with Gasteiger partial charge >= 0.3 is 0 Å². The molecule has 0 saturated heterocycles. The standard InChI is InChI=1S/C21H18F3N3O2/c22-12-3-1-10(2-4-12)20-19(15-7-13(23)8-16(24)21(15)27-20)11-5-14(6-11)26-18(29)9-17(25)28/h1-4,7-8,11,14,27H,5-6,9H2,(H2,25,28)(H,26,29)/t11-,14-. The van der Waals surface area contributed by atoms with E-state index in [9.17, 15) is 22.8 Å². The molecule has 5 nitrogen and oxygen atoms in total. The van der Waals surface area contributed by atoms with Gasteiger partial charge in [-0.3, -0.25) is 9.59 Å². The quantitative estimate of drug-likeness (QED) is 0.572. The Kier molecular flexibility index (Phi) is 4.77. The summed E-state index contributed by atoms with van der Waals surface area (Å²) in [5.74, 6) is -3.02. The molecular weight excluding hydrogens is 383 g/mol. The van der Waals surface area contributed by atoms with E-state index >= 15 is 0 Å². The molecule has 1 fully saturated rings. The van der Waals surface area contributed by atoms with Crippen molar-refractivity contribution in [1.82, 2.24) is 10.3 Å². The first-order valence-electron chi connectivity index (χ1n) is 9.16. The lowest BCUT2D eigenvalue weighted by Crippen LogP contribution is -2.44. The molecule has 8 heteroatoms. The summed E-state index contributed by atoms with van der Waals surface area (Å²) in [6, 6.07) is 7.67. The second-order valence-corrected chi connectivity index (χ2v) is 7.31. The molecule has 1 aromatic heterocycles. The number of carbonyl (C=O) groups is 2. The molecule has 150 valence electrons. The van der Waals surface area contributed by atoms with Gasteiger partial charge in [0, 0.05) is 17.5 Å². The van der Waals surface area contributed by atoms with Crippen LogP contribution in [0.15, 0.2) is 36.4 Å². The number of amides is 2. The summed E-state index contributed by atoms with van der Waals surface area (Å²) in [6.45, 7) is 0. The molecule has 1 saturated carbocycles. The molecule has 29 heavy (non-hydrogen) atoms. The summed E-state index contributed by atoms with van der Waals surface area (Å²) >= 11 is 0. The van der Waals surface area contributed by atoms with Gasteiger partial charge in [-0.2, -0.15) is 0 Å². The fraction of sp³-hybridized carbons (Fsp3) is 0.238. The lowest BCUT2D eigenvalue weighted by atomic mass is 9.74. The zero-order chi connectivity index (χ0) is 20.7. The van der Waals surface area contributed by atoms with Crippen molar-refractivity contribution in [3.63, 3.8) is 0 Å². The van der Waals surface area contributed by atoms with Crippen LogP contribution in [0.1, 0.15) is 30.7 Å². The number of fused-ring (bicyclic) bond motifs is 1. The number of H-pyrrole nitrogens is 1. The molecule has 0 atom stereocenters. The summed E-state index contributed by atoms with van der Waals surface area (Å²) in [5, 5.41) is 3.15. The molecule has 0 aliphatic heterocycles. The minimum atomic E-state index is -0.709. The van der Waals surface area contributed by atoms with E-state index in [1.807, 2.05) is 0 Å². The largest absolute Gasteiger partial charge is 0.369 e. The van der Waals surface area contributed by atoms with E-state index in [4.69, 9.17) is 5.73 Å². The van der Waals surface area contributed by atoms with Gasteiger partial charge in [0.2, 0.25) is 11.8 Å². The summed E-state index contributed by atoms with van der Waals surface area (Å²) in [4.78, 5) is 25.6. The van der Waals surface area contributed by atoms with Gasteiger partial charge in [0.15, 0.2) is 0 Å². The van der Waals surface area contributed by atoms with E-state index < -0.39 is 29.3 Å². The van der Waals surface area contributed by atoms with Crippen LogP contribution in [0.25, 0.3) is 22.2 Å². The number of halogens is 3. The van der Waals surface area contributed by atoms with E-state index in [1.165, 1.54) is 18.2 Å². The SMILES string of the molecule is NC(=O)CC(=O)N[C@H]1C[C@H](c2c(-c3ccc(F)cc3)[nH]c3c(F)cc(F)cc32)C1. The first-order chi connectivity index (χ1) is 13.8. The molecule has 1 aliphatic rings. The Morgan fingerprint density at radius 2 is 1.76 bits per heavy atom. The Labute approximate surface area is 164 Å². The number of rotatable bonds is 5. The van der Waals surface area contributed by atoms with Crippen LogP contribution < -0.4 is 11.1 Å². The van der Waals surface area contributed by atoms with E-state index in [2.05, 4.69) is 10.3 Å². The topological polar surface area (TPSA) is 88.0 Å². The van der Waals surface area contributed by atoms with Crippen LogP contribution in [0.2, 0.25) is 0 Å². The van der Waals surface area contributed by atoms with Crippen LogP contribution in [0.4, 0.5) is 13.2 Å². The van der Waals surface area contributed by atoms with Gasteiger partial charge in [-0.05, 0) is 60.2 Å². The normalized spacial score (nSPS) is 18.4. The van der Waals surface area contributed by atoms with E-state index in [0.29, 0.717) is 29.5 Å². The molecule has 1 heterocycles. The molecule has 0 unspecified atom stereocenters. The first-order valence-corrected chi connectivity index (χ1v) is 9.16. The molecule has 4 rings (SSSR count). The van der Waals surface area contributed by atoms with Gasteiger partial charge in [-0.1, -0.05) is 0 Å². The highest BCUT2D eigenvalue weighted by Crippen LogP contribution is 2.45. The van der Waals surface area contributed by atoms with Crippen molar-refractivity contribution in [2.45, 2.75) is 31.2 Å². The van der Waals surface area contributed by atoms with E-state index in [-0.39, 0.29) is 23.9 Å². The van der Waals surface area contributed by atoms with Crippen molar-refractivity contribution in [2.75, 3.05) is 0 Å². The summed E-state index contributed by atoms with van der Waals surface area (Å²) in [6.07, 6.45) is 0.707. The van der Waals surface area contributed by atoms with Crippen molar-refractivity contribution < 1.29 is 22.8 Å². The molecule has 0 spiro atoms. The van der Waals surface area contributed by atoms with Crippen molar-refractivity contribution >= 4 is 22.7 Å². The molecule has 3 aromatic rings. The highest BCUT2D eigenvalue weighted by molar-refractivity contribution is 5.96. The lowest BCUT2D eigenvalue weighted by Gasteiger charge is -2.36. The number of nitrogens with one attached hydrogen (secondary N) is 2. The summed E-state index contributed by atoms with van der Waals surface area (Å²) in [5.41, 5.74) is 7.17. The number of benzene rings is 2. The molecular formula is C21H18F3N3O2. The van der Waals surface area contributed by atoms with Crippen molar-refractivity contribution in [2.24, 2.45) is 5.73 Å². The summed E-state index contributed by atoms with van der Waals surface area (Å²) in [7, 11) is 0. The number of carbonyl (C=O) groups excluding carboxylic acids is 2. The second-order valence-electron chi connectivity index (χ2n) is 7.31. The molecule has 0 bridgehead atoms. The van der Waals surface area contributed by atoms with Crippen molar-refractivity contribution in [1.29, 1.82) is 0 Å². The van der Waals surface area contributed by atoms with Crippen LogP contribution in [0.3, 0.4) is 0 Å². The first kappa shape index (κ1) is 19.0. The van der Waals surface area contributed by atoms with Crippen LogP contribution >= 0.6 is 0 Å². The molecule has 2 amide bonds. The highest BCUT2D eigenvalue weighted by atomic mass is 19.1. The molecule has 4 N–H and O–H groups in total. The van der Waals surface area contributed by atoms with Crippen LogP contribution in [0, 0.1) is 17.5 Å². The maximum atomic E-state index is 14.3. The van der Waals surface area contributed by atoms with E-state index in [0.717, 1.165) is 11.6 Å². The van der Waals surface area contributed by atoms with Crippen LogP contribution in [-0.4, -0.2) is 22.8 Å². The number of hydrogen-bond donors (Lipinski definition) is 3. The molecule has 1 aliphatic carbocycles. The van der Waals surface area contributed by atoms with Gasteiger partial charge in [-0.15, -0.1) is 0 Å². The average Bonchev–Trinajstić information content (AvgIpc) is 2.97. The molecule has 2 aromatic carbocycles. The zero-order valence-corrected chi connectivity index (χ0v) is 15.3. The van der Waals surface area contributed by atoms with Crippen molar-refractivity contribution in [3.05, 3.63) is 59.4 Å². The minimum absolute atomic E-state index is 0.0659. The Hall–Kier alpha value is -3.29. The molecule has 0 radical (unpaired) electrons. The third kappa shape index (κ3) is 3.70. The monoisotopic (exact) mass is 401 g/mol. The number of nitrogens with two attached hydrogens (primary N) is 1. The Balaban J connectivity index is 1.68. The number of aromatic nitrogens is 1. The summed E-state index contributed by atoms with van der Waals surface area (Å²) < 4.78 is 41.6. The number of aromatic amines is 1. The van der Waals surface area contributed by atoms with Crippen molar-refractivity contribution in [3.8, 4) is 11.3 Å². The predicted octanol–water partition coefficient (Wildman–Crippen LogP) is 3.49. The maximum absolute atomic E-state index is 14.3. The maximum Gasteiger partial charge on any atom is 0.229 e. The highest BCUT2D eigenvalue weighted by Gasteiger charge is 2.35. The smallest absolute Gasteiger partial charge is 0.229 e. The fourth-order valence-electron chi connectivity index (χ4n) is 3.92. The Bertz CT molecular complexity index is 1100. The number of primary amides is 1. The Morgan fingerprint density at radius 3 is 2.41 bits per heavy atom. The van der Waals surface area contributed by atoms with Crippen LogP contribution in [-0.2, 0) is 9.59 Å². The van der Waals surface area contributed by atoms with Gasteiger partial charge in [0.1, 0.15) is 23.9 Å². The Morgan fingerprint density at radius 1 is 1.07 bits per heavy atom. The average molecular weight is 401 g/mol. The minimum Gasteiger partial charge on any atom is -0.369 e. The van der Waals surface area contributed by atoms with Gasteiger partial charge < -0.3 is 16.0 Å². The predicted molar refractivity (Wildman–Crippen MR) is 101 cm³/mol. The second kappa shape index (κ2) is 7.27.